The fourth-order valence-corrected chi connectivity index (χ4v) is 3.03. The van der Waals surface area contributed by atoms with E-state index in [2.05, 4.69) is 25.7 Å². The molecule has 124 valence electrons. The second kappa shape index (κ2) is 6.79. The Morgan fingerprint density at radius 1 is 1.33 bits per heavy atom. The molecular weight excluding hydrogens is 324 g/mol. The third-order valence-electron chi connectivity index (χ3n) is 3.73. The first kappa shape index (κ1) is 16.1. The number of pyridine rings is 1. The Morgan fingerprint density at radius 2 is 2.21 bits per heavy atom. The van der Waals surface area contributed by atoms with Gasteiger partial charge in [0.25, 0.3) is 0 Å². The van der Waals surface area contributed by atoms with Crippen LogP contribution in [0.3, 0.4) is 0 Å². The second-order valence-corrected chi connectivity index (χ2v) is 6.36. The molecule has 1 unspecified atom stereocenters. The average molecular weight is 342 g/mol. The van der Waals surface area contributed by atoms with Crippen molar-refractivity contribution in [1.29, 1.82) is 0 Å². The number of aromatic nitrogens is 4. The van der Waals surface area contributed by atoms with E-state index in [0.717, 1.165) is 11.4 Å². The SMILES string of the molecule is CCC(C)(NC(=O)Nc1cnn(-c2ccccn2)c1)c1nccs1. The van der Waals surface area contributed by atoms with Gasteiger partial charge in [0, 0.05) is 17.8 Å². The third kappa shape index (κ3) is 3.43. The molecule has 0 saturated carbocycles. The van der Waals surface area contributed by atoms with Gasteiger partial charge in [-0.15, -0.1) is 11.3 Å². The van der Waals surface area contributed by atoms with Gasteiger partial charge in [-0.25, -0.2) is 19.4 Å². The maximum absolute atomic E-state index is 12.3. The molecule has 2 N–H and O–H groups in total. The summed E-state index contributed by atoms with van der Waals surface area (Å²) in [6.07, 6.45) is 7.47. The monoisotopic (exact) mass is 342 g/mol. The lowest BCUT2D eigenvalue weighted by Gasteiger charge is -2.27. The van der Waals surface area contributed by atoms with Crippen LogP contribution in [0.2, 0.25) is 0 Å². The Bertz CT molecular complexity index is 801. The molecule has 3 heterocycles. The summed E-state index contributed by atoms with van der Waals surface area (Å²) in [4.78, 5) is 20.9. The molecule has 0 aliphatic carbocycles. The second-order valence-electron chi connectivity index (χ2n) is 5.46. The zero-order chi connectivity index (χ0) is 17.0. The van der Waals surface area contributed by atoms with Crippen LogP contribution in [0.15, 0.2) is 48.4 Å². The first-order valence-electron chi connectivity index (χ1n) is 7.56. The van der Waals surface area contributed by atoms with E-state index in [-0.39, 0.29) is 6.03 Å². The molecule has 0 fully saturated rings. The zero-order valence-electron chi connectivity index (χ0n) is 13.4. The van der Waals surface area contributed by atoms with Crippen LogP contribution in [0.25, 0.3) is 5.82 Å². The molecule has 3 rings (SSSR count). The topological polar surface area (TPSA) is 84.7 Å². The number of carbonyl (C=O) groups is 1. The van der Waals surface area contributed by atoms with Crippen molar-refractivity contribution in [1.82, 2.24) is 25.1 Å². The minimum Gasteiger partial charge on any atom is -0.326 e. The van der Waals surface area contributed by atoms with E-state index in [4.69, 9.17) is 0 Å². The van der Waals surface area contributed by atoms with Crippen LogP contribution in [0.1, 0.15) is 25.3 Å². The number of urea groups is 1. The number of nitrogens with one attached hydrogen (secondary N) is 2. The van der Waals surface area contributed by atoms with Crippen molar-refractivity contribution in [2.24, 2.45) is 0 Å². The lowest BCUT2D eigenvalue weighted by molar-refractivity contribution is 0.238. The van der Waals surface area contributed by atoms with Gasteiger partial charge in [-0.3, -0.25) is 0 Å². The first-order chi connectivity index (χ1) is 11.6. The Labute approximate surface area is 143 Å². The molecule has 0 aliphatic heterocycles. The summed E-state index contributed by atoms with van der Waals surface area (Å²) < 4.78 is 1.61. The van der Waals surface area contributed by atoms with Gasteiger partial charge in [0.1, 0.15) is 5.01 Å². The molecule has 2 amide bonds. The number of hydrogen-bond donors (Lipinski definition) is 2. The van der Waals surface area contributed by atoms with Gasteiger partial charge >= 0.3 is 6.03 Å². The number of carbonyl (C=O) groups excluding carboxylic acids is 1. The highest BCUT2D eigenvalue weighted by atomic mass is 32.1. The lowest BCUT2D eigenvalue weighted by Crippen LogP contribution is -2.45. The van der Waals surface area contributed by atoms with Crippen LogP contribution in [-0.4, -0.2) is 25.8 Å². The minimum absolute atomic E-state index is 0.296. The number of thiazole rings is 1. The fourth-order valence-electron chi connectivity index (χ4n) is 2.20. The van der Waals surface area contributed by atoms with E-state index in [1.165, 1.54) is 11.3 Å². The van der Waals surface area contributed by atoms with Gasteiger partial charge in [-0.2, -0.15) is 5.10 Å². The van der Waals surface area contributed by atoms with E-state index >= 15 is 0 Å². The van der Waals surface area contributed by atoms with Crippen molar-refractivity contribution >= 4 is 23.1 Å². The van der Waals surface area contributed by atoms with E-state index < -0.39 is 5.54 Å². The normalized spacial score (nSPS) is 13.2. The van der Waals surface area contributed by atoms with Gasteiger partial charge < -0.3 is 10.6 Å². The molecule has 3 aromatic rings. The molecule has 0 spiro atoms. The quantitative estimate of drug-likeness (QED) is 0.746. The molecule has 8 heteroatoms. The van der Waals surface area contributed by atoms with Crippen molar-refractivity contribution < 1.29 is 4.79 Å². The predicted molar refractivity (Wildman–Crippen MR) is 93.3 cm³/mol. The summed E-state index contributed by atoms with van der Waals surface area (Å²) >= 11 is 1.53. The summed E-state index contributed by atoms with van der Waals surface area (Å²) in [5, 5.41) is 12.8. The summed E-state index contributed by atoms with van der Waals surface area (Å²) in [6.45, 7) is 3.98. The summed E-state index contributed by atoms with van der Waals surface area (Å²) in [6, 6.07) is 5.26. The Hall–Kier alpha value is -2.74. The van der Waals surface area contributed by atoms with Gasteiger partial charge in [0.15, 0.2) is 5.82 Å². The maximum Gasteiger partial charge on any atom is 0.320 e. The fraction of sp³-hybridized carbons (Fsp3) is 0.250. The van der Waals surface area contributed by atoms with Gasteiger partial charge in [-0.05, 0) is 25.5 Å². The lowest BCUT2D eigenvalue weighted by atomic mass is 10.0. The molecule has 0 aliphatic rings. The van der Waals surface area contributed by atoms with E-state index in [1.807, 2.05) is 37.4 Å². The number of nitrogens with zero attached hydrogens (tertiary/aromatic N) is 4. The highest BCUT2D eigenvalue weighted by Gasteiger charge is 2.29. The van der Waals surface area contributed by atoms with Gasteiger partial charge in [0.2, 0.25) is 0 Å². The highest BCUT2D eigenvalue weighted by Crippen LogP contribution is 2.26. The van der Waals surface area contributed by atoms with Gasteiger partial charge in [-0.1, -0.05) is 13.0 Å². The average Bonchev–Trinajstić information content (AvgIpc) is 3.27. The van der Waals surface area contributed by atoms with Gasteiger partial charge in [0.05, 0.1) is 23.6 Å². The van der Waals surface area contributed by atoms with E-state index in [0.29, 0.717) is 11.5 Å². The van der Waals surface area contributed by atoms with Crippen LogP contribution in [0.5, 0.6) is 0 Å². The summed E-state index contributed by atoms with van der Waals surface area (Å²) in [5.74, 6) is 0.687. The Kier molecular flexibility index (Phi) is 4.57. The first-order valence-corrected chi connectivity index (χ1v) is 8.44. The van der Waals surface area contributed by atoms with Crippen molar-refractivity contribution in [3.05, 3.63) is 53.4 Å². The number of amides is 2. The van der Waals surface area contributed by atoms with Crippen LogP contribution in [-0.2, 0) is 5.54 Å². The minimum atomic E-state index is -0.505. The molecule has 24 heavy (non-hydrogen) atoms. The third-order valence-corrected chi connectivity index (χ3v) is 4.76. The standard InChI is InChI=1S/C16H18N6OS/c1-3-16(2,14-18-8-9-24-14)21-15(23)20-12-10-19-22(11-12)13-6-4-5-7-17-13/h4-11H,3H2,1-2H3,(H2,20,21,23). The molecular formula is C16H18N6OS. The smallest absolute Gasteiger partial charge is 0.320 e. The van der Waals surface area contributed by atoms with Crippen molar-refractivity contribution in [3.8, 4) is 5.82 Å². The summed E-state index contributed by atoms with van der Waals surface area (Å²) in [7, 11) is 0. The number of rotatable bonds is 5. The zero-order valence-corrected chi connectivity index (χ0v) is 14.2. The molecule has 0 aromatic carbocycles. The molecule has 0 bridgehead atoms. The molecule has 3 aromatic heterocycles. The predicted octanol–water partition coefficient (Wildman–Crippen LogP) is 3.17. The maximum atomic E-state index is 12.3. The largest absolute Gasteiger partial charge is 0.326 e. The van der Waals surface area contributed by atoms with Crippen molar-refractivity contribution in [2.75, 3.05) is 5.32 Å². The number of anilines is 1. The Morgan fingerprint density at radius 3 is 2.88 bits per heavy atom. The van der Waals surface area contributed by atoms with Crippen LogP contribution >= 0.6 is 11.3 Å². The van der Waals surface area contributed by atoms with Crippen molar-refractivity contribution in [2.45, 2.75) is 25.8 Å². The summed E-state index contributed by atoms with van der Waals surface area (Å²) in [5.41, 5.74) is 0.0886. The van der Waals surface area contributed by atoms with Crippen LogP contribution in [0.4, 0.5) is 10.5 Å². The van der Waals surface area contributed by atoms with Crippen LogP contribution in [0, 0.1) is 0 Å². The van der Waals surface area contributed by atoms with Crippen molar-refractivity contribution in [3.63, 3.8) is 0 Å². The highest BCUT2D eigenvalue weighted by molar-refractivity contribution is 7.09. The van der Waals surface area contributed by atoms with E-state index in [9.17, 15) is 4.79 Å². The molecule has 7 nitrogen and oxygen atoms in total. The molecule has 0 saturated heterocycles. The number of hydrogen-bond acceptors (Lipinski definition) is 5. The molecule has 0 radical (unpaired) electrons. The Balaban J connectivity index is 1.68. The van der Waals surface area contributed by atoms with Crippen LogP contribution < -0.4 is 10.6 Å². The van der Waals surface area contributed by atoms with E-state index in [1.54, 1.807) is 29.5 Å². The molecule has 1 atom stereocenters.